The third-order valence-electron chi connectivity index (χ3n) is 8.93. The number of hydrogen-bond donors (Lipinski definition) is 3. The molecule has 4 heterocycles. The van der Waals surface area contributed by atoms with E-state index in [9.17, 15) is 24.6 Å². The molecule has 0 radical (unpaired) electrons. The van der Waals surface area contributed by atoms with Crippen molar-refractivity contribution < 1.29 is 38.8 Å². The molecular weight excluding hydrogens is 532 g/mol. The lowest BCUT2D eigenvalue weighted by Gasteiger charge is -2.38. The highest BCUT2D eigenvalue weighted by Crippen LogP contribution is 2.33. The van der Waals surface area contributed by atoms with Crippen LogP contribution >= 0.6 is 0 Å². The Morgan fingerprint density at radius 2 is 1.90 bits per heavy atom. The zero-order chi connectivity index (χ0) is 28.7. The molecule has 1 aromatic carbocycles. The van der Waals surface area contributed by atoms with Gasteiger partial charge in [-0.25, -0.2) is 0 Å². The lowest BCUT2D eigenvalue weighted by Crippen LogP contribution is -2.55. The molecule has 1 aromatic rings. The molecule has 6 bridgehead atoms. The molecule has 4 saturated heterocycles. The van der Waals surface area contributed by atoms with Gasteiger partial charge in [0.15, 0.2) is 0 Å². The smallest absolute Gasteiger partial charge is 0.240 e. The molecule has 5 aliphatic rings. The maximum absolute atomic E-state index is 14.0. The molecule has 1 aliphatic carbocycles. The van der Waals surface area contributed by atoms with Crippen LogP contribution in [0.15, 0.2) is 24.3 Å². The number of carbonyl (C=O) groups excluding carboxylic acids is 3. The quantitative estimate of drug-likeness (QED) is 0.419. The number of fused-ring (bicyclic) bond motifs is 6. The minimum atomic E-state index is -1.25. The van der Waals surface area contributed by atoms with Gasteiger partial charge in [0, 0.05) is 51.2 Å². The Morgan fingerprint density at radius 1 is 1.10 bits per heavy atom. The summed E-state index contributed by atoms with van der Waals surface area (Å²) >= 11 is 0. The van der Waals surface area contributed by atoms with Gasteiger partial charge in [0.25, 0.3) is 0 Å². The Labute approximate surface area is 239 Å². The predicted octanol–water partition coefficient (Wildman–Crippen LogP) is -0.887. The van der Waals surface area contributed by atoms with E-state index in [1.54, 1.807) is 12.0 Å². The van der Waals surface area contributed by atoms with Gasteiger partial charge in [-0.2, -0.15) is 0 Å². The summed E-state index contributed by atoms with van der Waals surface area (Å²) in [6.07, 6.45) is -2.63. The van der Waals surface area contributed by atoms with E-state index in [2.05, 4.69) is 10.2 Å². The van der Waals surface area contributed by atoms with Crippen molar-refractivity contribution in [2.24, 2.45) is 5.92 Å². The highest BCUT2D eigenvalue weighted by Gasteiger charge is 2.47. The van der Waals surface area contributed by atoms with Gasteiger partial charge in [-0.05, 0) is 37.0 Å². The van der Waals surface area contributed by atoms with Crippen molar-refractivity contribution in [1.29, 1.82) is 0 Å². The molecule has 4 aliphatic heterocycles. The lowest BCUT2D eigenvalue weighted by molar-refractivity contribution is -0.147. The van der Waals surface area contributed by atoms with Gasteiger partial charge in [0.05, 0.1) is 38.4 Å². The van der Waals surface area contributed by atoms with E-state index in [1.807, 2.05) is 29.2 Å². The highest BCUT2D eigenvalue weighted by molar-refractivity contribution is 5.83. The second-order valence-corrected chi connectivity index (χ2v) is 12.0. The summed E-state index contributed by atoms with van der Waals surface area (Å²) in [6, 6.07) is 7.01. The standard InChI is InChI=1S/C29H40N4O8/c1-39-20-4-2-3-17(9-20)12-32-13-19-10-22(32)29(38)31-7-8-40-21(14-31)15-33(28(37)18-5-6-18)16-24-27(36)26(35)23(41-24)11-25(34)30-19/h2-4,9,18-19,21-24,26-27,35-36H,5-8,10-16H2,1H3,(H,30,34)/t19-,21-,22-,23-,24+,26-,27+/m0/s1. The van der Waals surface area contributed by atoms with Crippen LogP contribution in [0.3, 0.4) is 0 Å². The maximum atomic E-state index is 14.0. The second kappa shape index (κ2) is 11.8. The van der Waals surface area contributed by atoms with Crippen LogP contribution < -0.4 is 10.1 Å². The average molecular weight is 573 g/mol. The van der Waals surface area contributed by atoms with Crippen molar-refractivity contribution in [3.8, 4) is 5.75 Å². The maximum Gasteiger partial charge on any atom is 0.240 e. The fourth-order valence-electron chi connectivity index (χ4n) is 6.61. The summed E-state index contributed by atoms with van der Waals surface area (Å²) in [5.41, 5.74) is 0.997. The number of likely N-dealkylation sites (tertiary alicyclic amines) is 1. The van der Waals surface area contributed by atoms with Crippen LogP contribution in [0.4, 0.5) is 0 Å². The SMILES string of the molecule is COc1cccc(CN2C[C@@H]3C[C@H]2C(=O)N2CCO[C@H](CN(C(=O)C4CC4)C[C@H]4O[C@@H](CC(=O)N3)[C@H](O)[C@@H]4O)C2)c1. The number of benzene rings is 1. The Balaban J connectivity index is 1.26. The molecule has 6 rings (SSSR count). The number of nitrogens with zero attached hydrogens (tertiary/aromatic N) is 3. The molecule has 3 N–H and O–H groups in total. The van der Waals surface area contributed by atoms with Crippen LogP contribution in [0, 0.1) is 5.92 Å². The van der Waals surface area contributed by atoms with Gasteiger partial charge in [-0.3, -0.25) is 19.3 Å². The van der Waals surface area contributed by atoms with E-state index < -0.39 is 30.5 Å². The van der Waals surface area contributed by atoms with Crippen molar-refractivity contribution in [3.05, 3.63) is 29.8 Å². The van der Waals surface area contributed by atoms with Crippen LogP contribution in [0.2, 0.25) is 0 Å². The molecule has 224 valence electrons. The fraction of sp³-hybridized carbons (Fsp3) is 0.690. The third-order valence-corrected chi connectivity index (χ3v) is 8.93. The molecular formula is C29H40N4O8. The monoisotopic (exact) mass is 572 g/mol. The third kappa shape index (κ3) is 6.21. The summed E-state index contributed by atoms with van der Waals surface area (Å²) in [5.74, 6) is 0.308. The summed E-state index contributed by atoms with van der Waals surface area (Å²) in [5, 5.41) is 24.5. The van der Waals surface area contributed by atoms with Crippen LogP contribution in [-0.4, -0.2) is 132 Å². The lowest BCUT2D eigenvalue weighted by atomic mass is 10.0. The summed E-state index contributed by atoms with van der Waals surface area (Å²) in [6.45, 7) is 2.48. The highest BCUT2D eigenvalue weighted by atomic mass is 16.5. The van der Waals surface area contributed by atoms with Gasteiger partial charge in [-0.15, -0.1) is 0 Å². The summed E-state index contributed by atoms with van der Waals surface area (Å²) in [7, 11) is 1.62. The largest absolute Gasteiger partial charge is 0.497 e. The molecule has 5 fully saturated rings. The van der Waals surface area contributed by atoms with Crippen molar-refractivity contribution >= 4 is 17.7 Å². The molecule has 0 unspecified atom stereocenters. The molecule has 0 aromatic heterocycles. The van der Waals surface area contributed by atoms with Gasteiger partial charge in [0.1, 0.15) is 24.1 Å². The van der Waals surface area contributed by atoms with Gasteiger partial charge >= 0.3 is 0 Å². The molecule has 7 atom stereocenters. The first kappa shape index (κ1) is 28.4. The number of carbonyl (C=O) groups is 3. The predicted molar refractivity (Wildman–Crippen MR) is 145 cm³/mol. The van der Waals surface area contributed by atoms with Crippen LogP contribution in [-0.2, 0) is 30.4 Å². The number of rotatable bonds is 4. The Bertz CT molecular complexity index is 1150. The molecule has 1 saturated carbocycles. The fourth-order valence-corrected chi connectivity index (χ4v) is 6.61. The molecule has 3 amide bonds. The number of nitrogens with one attached hydrogen (secondary N) is 1. The van der Waals surface area contributed by atoms with Crippen molar-refractivity contribution in [2.45, 2.75) is 74.8 Å². The van der Waals surface area contributed by atoms with E-state index >= 15 is 0 Å². The number of aliphatic hydroxyl groups excluding tert-OH is 2. The number of amides is 3. The molecule has 0 spiro atoms. The van der Waals surface area contributed by atoms with Crippen LogP contribution in [0.5, 0.6) is 5.75 Å². The molecule has 12 heteroatoms. The Kier molecular flexibility index (Phi) is 8.19. The van der Waals surface area contributed by atoms with E-state index in [-0.39, 0.29) is 55.3 Å². The number of morpholine rings is 1. The summed E-state index contributed by atoms with van der Waals surface area (Å²) in [4.78, 5) is 45.8. The number of hydrogen-bond acceptors (Lipinski definition) is 9. The minimum Gasteiger partial charge on any atom is -0.497 e. The second-order valence-electron chi connectivity index (χ2n) is 12.0. The van der Waals surface area contributed by atoms with E-state index in [0.29, 0.717) is 39.2 Å². The van der Waals surface area contributed by atoms with E-state index in [1.165, 1.54) is 0 Å². The van der Waals surface area contributed by atoms with Crippen LogP contribution in [0.25, 0.3) is 0 Å². The van der Waals surface area contributed by atoms with E-state index in [0.717, 1.165) is 24.2 Å². The minimum absolute atomic E-state index is 0.0145. The Morgan fingerprint density at radius 3 is 2.68 bits per heavy atom. The number of aliphatic hydroxyl groups is 2. The first-order chi connectivity index (χ1) is 19.8. The van der Waals surface area contributed by atoms with Gasteiger partial charge < -0.3 is 39.5 Å². The van der Waals surface area contributed by atoms with E-state index in [4.69, 9.17) is 14.2 Å². The number of ether oxygens (including phenoxy) is 3. The molecule has 12 nitrogen and oxygen atoms in total. The van der Waals surface area contributed by atoms with Gasteiger partial charge in [-0.1, -0.05) is 12.1 Å². The zero-order valence-electron chi connectivity index (χ0n) is 23.4. The topological polar surface area (TPSA) is 141 Å². The van der Waals surface area contributed by atoms with Crippen molar-refractivity contribution in [1.82, 2.24) is 20.0 Å². The average Bonchev–Trinajstić information content (AvgIpc) is 3.70. The van der Waals surface area contributed by atoms with Gasteiger partial charge in [0.2, 0.25) is 17.7 Å². The first-order valence-electron chi connectivity index (χ1n) is 14.7. The van der Waals surface area contributed by atoms with Crippen molar-refractivity contribution in [2.75, 3.05) is 46.4 Å². The summed E-state index contributed by atoms with van der Waals surface area (Å²) < 4.78 is 17.4. The van der Waals surface area contributed by atoms with Crippen molar-refractivity contribution in [3.63, 3.8) is 0 Å². The van der Waals surface area contributed by atoms with Crippen LogP contribution in [0.1, 0.15) is 31.2 Å². The zero-order valence-corrected chi connectivity index (χ0v) is 23.4. The number of methoxy groups -OCH3 is 1. The Hall–Kier alpha value is -2.77. The first-order valence-corrected chi connectivity index (χ1v) is 14.7. The molecule has 41 heavy (non-hydrogen) atoms. The normalized spacial score (nSPS) is 35.0.